The standard InChI is InChI=1S/C20H20ClN5O2S/c1-26-17(13-19(28)23-16-9-7-14(21)8-10-16)24-25-20(26)29-12-11-18(27)22-15-5-3-2-4-6-15/h2-10H,11-13H2,1H3,(H,22,27)(H,23,28). The summed E-state index contributed by atoms with van der Waals surface area (Å²) in [5.74, 6) is 0.851. The van der Waals surface area contributed by atoms with Gasteiger partial charge in [-0.05, 0) is 36.4 Å². The molecule has 29 heavy (non-hydrogen) atoms. The highest BCUT2D eigenvalue weighted by molar-refractivity contribution is 7.99. The lowest BCUT2D eigenvalue weighted by molar-refractivity contribution is -0.116. The van der Waals surface area contributed by atoms with E-state index >= 15 is 0 Å². The molecule has 150 valence electrons. The molecule has 1 heterocycles. The number of hydrogen-bond acceptors (Lipinski definition) is 5. The van der Waals surface area contributed by atoms with Gasteiger partial charge in [-0.3, -0.25) is 9.59 Å². The average molecular weight is 430 g/mol. The first-order chi connectivity index (χ1) is 14.0. The van der Waals surface area contributed by atoms with E-state index < -0.39 is 0 Å². The highest BCUT2D eigenvalue weighted by atomic mass is 35.5. The van der Waals surface area contributed by atoms with Gasteiger partial charge < -0.3 is 15.2 Å². The van der Waals surface area contributed by atoms with E-state index in [1.165, 1.54) is 11.8 Å². The van der Waals surface area contributed by atoms with Crippen LogP contribution in [0.5, 0.6) is 0 Å². The number of nitrogens with zero attached hydrogens (tertiary/aromatic N) is 3. The topological polar surface area (TPSA) is 88.9 Å². The third kappa shape index (κ3) is 6.33. The highest BCUT2D eigenvalue weighted by Gasteiger charge is 2.14. The van der Waals surface area contributed by atoms with Crippen molar-refractivity contribution in [3.05, 3.63) is 65.4 Å². The summed E-state index contributed by atoms with van der Waals surface area (Å²) >= 11 is 7.26. The van der Waals surface area contributed by atoms with Gasteiger partial charge in [0.2, 0.25) is 11.8 Å². The van der Waals surface area contributed by atoms with Crippen molar-refractivity contribution >= 4 is 46.6 Å². The highest BCUT2D eigenvalue weighted by Crippen LogP contribution is 2.18. The van der Waals surface area contributed by atoms with Crippen LogP contribution in [0.1, 0.15) is 12.2 Å². The van der Waals surface area contributed by atoms with Gasteiger partial charge in [0.05, 0.1) is 6.42 Å². The molecule has 3 rings (SSSR count). The lowest BCUT2D eigenvalue weighted by atomic mass is 10.3. The van der Waals surface area contributed by atoms with Gasteiger partial charge in [-0.2, -0.15) is 0 Å². The van der Waals surface area contributed by atoms with E-state index in [-0.39, 0.29) is 18.2 Å². The average Bonchev–Trinajstić information content (AvgIpc) is 3.04. The molecule has 0 unspecified atom stereocenters. The van der Waals surface area contributed by atoms with Crippen LogP contribution >= 0.6 is 23.4 Å². The van der Waals surface area contributed by atoms with Crippen molar-refractivity contribution in [1.29, 1.82) is 0 Å². The van der Waals surface area contributed by atoms with Crippen molar-refractivity contribution in [3.8, 4) is 0 Å². The molecule has 2 amide bonds. The van der Waals surface area contributed by atoms with Crippen LogP contribution in [-0.4, -0.2) is 32.3 Å². The Morgan fingerprint density at radius 1 is 0.966 bits per heavy atom. The monoisotopic (exact) mass is 429 g/mol. The predicted molar refractivity (Wildman–Crippen MR) is 115 cm³/mol. The maximum absolute atomic E-state index is 12.2. The van der Waals surface area contributed by atoms with Crippen molar-refractivity contribution in [1.82, 2.24) is 14.8 Å². The fourth-order valence-electron chi connectivity index (χ4n) is 2.49. The van der Waals surface area contributed by atoms with Crippen LogP contribution in [0.15, 0.2) is 59.8 Å². The second-order valence-corrected chi connectivity index (χ2v) is 7.70. The number of rotatable bonds is 8. The third-order valence-corrected chi connectivity index (χ3v) is 5.26. The zero-order valence-corrected chi connectivity index (χ0v) is 17.3. The van der Waals surface area contributed by atoms with Gasteiger partial charge in [-0.15, -0.1) is 10.2 Å². The van der Waals surface area contributed by atoms with Crippen molar-refractivity contribution in [3.63, 3.8) is 0 Å². The van der Waals surface area contributed by atoms with E-state index in [9.17, 15) is 9.59 Å². The minimum Gasteiger partial charge on any atom is -0.326 e. The van der Waals surface area contributed by atoms with E-state index in [1.807, 2.05) is 30.3 Å². The Kier molecular flexibility index (Phi) is 7.26. The summed E-state index contributed by atoms with van der Waals surface area (Å²) in [6.45, 7) is 0. The number of anilines is 2. The van der Waals surface area contributed by atoms with E-state index in [2.05, 4.69) is 20.8 Å². The Balaban J connectivity index is 1.46. The summed E-state index contributed by atoms with van der Waals surface area (Å²) in [7, 11) is 1.80. The normalized spacial score (nSPS) is 10.6. The SMILES string of the molecule is Cn1c(CC(=O)Nc2ccc(Cl)cc2)nnc1SCCC(=O)Nc1ccccc1. The van der Waals surface area contributed by atoms with Gasteiger partial charge in [0.25, 0.3) is 0 Å². The molecule has 1 aromatic heterocycles. The molecule has 0 aliphatic rings. The van der Waals surface area contributed by atoms with Crippen LogP contribution in [0.25, 0.3) is 0 Å². The number of halogens is 1. The van der Waals surface area contributed by atoms with Gasteiger partial charge in [-0.1, -0.05) is 41.6 Å². The molecule has 0 fully saturated rings. The van der Waals surface area contributed by atoms with Crippen molar-refractivity contribution < 1.29 is 9.59 Å². The van der Waals surface area contributed by atoms with Crippen LogP contribution in [0, 0.1) is 0 Å². The number of carbonyl (C=O) groups excluding carboxylic acids is 2. The van der Waals surface area contributed by atoms with Crippen molar-refractivity contribution in [2.24, 2.45) is 7.05 Å². The van der Waals surface area contributed by atoms with Crippen LogP contribution in [0.4, 0.5) is 11.4 Å². The minimum absolute atomic E-state index is 0.0616. The van der Waals surface area contributed by atoms with Crippen LogP contribution in [0.3, 0.4) is 0 Å². The summed E-state index contributed by atoms with van der Waals surface area (Å²) < 4.78 is 1.77. The number of hydrogen-bond donors (Lipinski definition) is 2. The largest absolute Gasteiger partial charge is 0.326 e. The summed E-state index contributed by atoms with van der Waals surface area (Å²) in [6, 6.07) is 16.2. The number of aromatic nitrogens is 3. The minimum atomic E-state index is -0.193. The van der Waals surface area contributed by atoms with E-state index in [0.717, 1.165) is 5.69 Å². The molecular formula is C20H20ClN5O2S. The molecule has 2 aromatic carbocycles. The second kappa shape index (κ2) is 10.1. The van der Waals surface area contributed by atoms with Crippen molar-refractivity contribution in [2.75, 3.05) is 16.4 Å². The number of benzene rings is 2. The first-order valence-electron chi connectivity index (χ1n) is 8.92. The predicted octanol–water partition coefficient (Wildman–Crippen LogP) is 3.77. The first kappa shape index (κ1) is 20.9. The summed E-state index contributed by atoms with van der Waals surface area (Å²) in [5.41, 5.74) is 1.44. The van der Waals surface area contributed by atoms with E-state index in [4.69, 9.17) is 11.6 Å². The molecular weight excluding hydrogens is 410 g/mol. The Labute approximate surface area is 177 Å². The van der Waals surface area contributed by atoms with Gasteiger partial charge >= 0.3 is 0 Å². The number of para-hydroxylation sites is 1. The lowest BCUT2D eigenvalue weighted by Gasteiger charge is -2.06. The summed E-state index contributed by atoms with van der Waals surface area (Å²) in [4.78, 5) is 24.2. The van der Waals surface area contributed by atoms with E-state index in [0.29, 0.717) is 33.9 Å². The zero-order chi connectivity index (χ0) is 20.6. The second-order valence-electron chi connectivity index (χ2n) is 6.20. The molecule has 0 saturated carbocycles. The third-order valence-electron chi connectivity index (χ3n) is 3.99. The van der Waals surface area contributed by atoms with Crippen LogP contribution in [0.2, 0.25) is 5.02 Å². The number of nitrogens with one attached hydrogen (secondary N) is 2. The molecule has 0 spiro atoms. The van der Waals surface area contributed by atoms with Crippen molar-refractivity contribution in [2.45, 2.75) is 18.0 Å². The number of carbonyl (C=O) groups is 2. The quantitative estimate of drug-likeness (QED) is 0.532. The molecule has 0 aliphatic carbocycles. The Hall–Kier alpha value is -2.84. The van der Waals surface area contributed by atoms with Gasteiger partial charge in [0, 0.05) is 35.6 Å². The maximum Gasteiger partial charge on any atom is 0.232 e. The molecule has 9 heteroatoms. The first-order valence-corrected chi connectivity index (χ1v) is 10.3. The molecule has 3 aromatic rings. The Morgan fingerprint density at radius 3 is 2.34 bits per heavy atom. The lowest BCUT2D eigenvalue weighted by Crippen LogP contribution is -2.17. The Morgan fingerprint density at radius 2 is 1.62 bits per heavy atom. The van der Waals surface area contributed by atoms with Crippen LogP contribution in [-0.2, 0) is 23.1 Å². The molecule has 2 N–H and O–H groups in total. The molecule has 0 atom stereocenters. The summed E-state index contributed by atoms with van der Waals surface area (Å²) in [6.07, 6.45) is 0.444. The smallest absolute Gasteiger partial charge is 0.232 e. The zero-order valence-electron chi connectivity index (χ0n) is 15.8. The fraction of sp³-hybridized carbons (Fsp3) is 0.200. The maximum atomic E-state index is 12.2. The molecule has 0 radical (unpaired) electrons. The van der Waals surface area contributed by atoms with Gasteiger partial charge in [0.15, 0.2) is 5.16 Å². The number of amides is 2. The fourth-order valence-corrected chi connectivity index (χ4v) is 3.48. The number of thioether (sulfide) groups is 1. The molecule has 0 aliphatic heterocycles. The molecule has 7 nitrogen and oxygen atoms in total. The molecule has 0 bridgehead atoms. The van der Waals surface area contributed by atoms with Crippen LogP contribution < -0.4 is 10.6 Å². The molecule has 0 saturated heterocycles. The summed E-state index contributed by atoms with van der Waals surface area (Å²) in [5, 5.41) is 15.1. The van der Waals surface area contributed by atoms with E-state index in [1.54, 1.807) is 35.9 Å². The van der Waals surface area contributed by atoms with Gasteiger partial charge in [-0.25, -0.2) is 0 Å². The van der Waals surface area contributed by atoms with Gasteiger partial charge in [0.1, 0.15) is 5.82 Å². The Bertz CT molecular complexity index is 976.